The van der Waals surface area contributed by atoms with Crippen molar-refractivity contribution in [3.05, 3.63) is 115 Å². The number of nitrogens with zero attached hydrogens (tertiary/aromatic N) is 1. The van der Waals surface area contributed by atoms with Crippen LogP contribution in [0.1, 0.15) is 5.56 Å². The molecule has 0 radical (unpaired) electrons. The lowest BCUT2D eigenvalue weighted by atomic mass is 10.0. The third-order valence-electron chi connectivity index (χ3n) is 5.32. The number of hydrogen-bond donors (Lipinski definition) is 1. The van der Waals surface area contributed by atoms with Crippen LogP contribution in [0.3, 0.4) is 0 Å². The van der Waals surface area contributed by atoms with Gasteiger partial charge in [-0.15, -0.1) is 0 Å². The number of benzene rings is 4. The zero-order valence-electron chi connectivity index (χ0n) is 16.8. The Morgan fingerprint density at radius 1 is 0.533 bits per heavy atom. The second-order valence-electron chi connectivity index (χ2n) is 7.49. The van der Waals surface area contributed by atoms with E-state index in [9.17, 15) is 0 Å². The molecule has 1 aromatic heterocycles. The molecule has 0 saturated carbocycles. The van der Waals surface area contributed by atoms with Gasteiger partial charge in [0.05, 0.1) is 11.4 Å². The average Bonchev–Trinajstić information content (AvgIpc) is 3.26. The summed E-state index contributed by atoms with van der Waals surface area (Å²) in [7, 11) is 0. The molecule has 2 nitrogen and oxygen atoms in total. The van der Waals surface area contributed by atoms with E-state index in [1.165, 1.54) is 16.7 Å². The van der Waals surface area contributed by atoms with Crippen LogP contribution in [0, 0.1) is 6.92 Å². The summed E-state index contributed by atoms with van der Waals surface area (Å²) in [6.45, 7) is 2.10. The molecule has 0 saturated heterocycles. The minimum Gasteiger partial charge on any atom is -0.337 e. The van der Waals surface area contributed by atoms with Crippen molar-refractivity contribution in [2.75, 3.05) is 0 Å². The standard InChI is InChI=1S/C28H22N2/c1-20-9-8-14-25(19-20)28-29-26(23-12-6-3-7-13-23)27(30-28)24-17-15-22(16-18-24)21-10-4-2-5-11-21/h2-19H,1H3,(H,29,30). The normalized spacial score (nSPS) is 10.8. The Hall–Kier alpha value is -3.91. The zero-order chi connectivity index (χ0) is 20.3. The van der Waals surface area contributed by atoms with Crippen LogP contribution in [0.4, 0.5) is 0 Å². The SMILES string of the molecule is Cc1cccc(-c2nc(-c3ccccc3)c(-c3ccc(-c4ccccc4)cc3)[nH]2)c1. The molecule has 0 aliphatic rings. The minimum absolute atomic E-state index is 0.889. The summed E-state index contributed by atoms with van der Waals surface area (Å²) in [4.78, 5) is 8.58. The Morgan fingerprint density at radius 3 is 1.77 bits per heavy atom. The van der Waals surface area contributed by atoms with E-state index in [2.05, 4.69) is 109 Å². The van der Waals surface area contributed by atoms with Crippen molar-refractivity contribution in [1.82, 2.24) is 9.97 Å². The van der Waals surface area contributed by atoms with E-state index in [4.69, 9.17) is 4.98 Å². The first-order valence-electron chi connectivity index (χ1n) is 10.2. The minimum atomic E-state index is 0.889. The van der Waals surface area contributed by atoms with E-state index in [0.29, 0.717) is 0 Å². The molecule has 1 heterocycles. The Kier molecular flexibility index (Phi) is 4.74. The largest absolute Gasteiger partial charge is 0.337 e. The van der Waals surface area contributed by atoms with Gasteiger partial charge in [-0.2, -0.15) is 0 Å². The number of aryl methyl sites for hydroxylation is 1. The van der Waals surface area contributed by atoms with Crippen LogP contribution in [0.2, 0.25) is 0 Å². The van der Waals surface area contributed by atoms with Crippen molar-refractivity contribution in [3.63, 3.8) is 0 Å². The molecule has 0 aliphatic carbocycles. The number of rotatable bonds is 4. The summed E-state index contributed by atoms with van der Waals surface area (Å²) < 4.78 is 0. The van der Waals surface area contributed by atoms with Gasteiger partial charge in [-0.3, -0.25) is 0 Å². The lowest BCUT2D eigenvalue weighted by Gasteiger charge is -2.06. The van der Waals surface area contributed by atoms with Gasteiger partial charge in [-0.1, -0.05) is 109 Å². The van der Waals surface area contributed by atoms with Gasteiger partial charge >= 0.3 is 0 Å². The van der Waals surface area contributed by atoms with Gasteiger partial charge in [-0.05, 0) is 24.1 Å². The third kappa shape index (κ3) is 3.56. The fourth-order valence-corrected chi connectivity index (χ4v) is 3.78. The molecule has 0 atom stereocenters. The molecule has 4 aromatic carbocycles. The van der Waals surface area contributed by atoms with Gasteiger partial charge in [0.1, 0.15) is 5.82 Å². The number of aromatic amines is 1. The van der Waals surface area contributed by atoms with Gasteiger partial charge in [0.15, 0.2) is 0 Å². The maximum absolute atomic E-state index is 4.99. The molecular formula is C28H22N2. The van der Waals surface area contributed by atoms with Crippen molar-refractivity contribution in [2.45, 2.75) is 6.92 Å². The molecule has 0 fully saturated rings. The van der Waals surface area contributed by atoms with Gasteiger partial charge < -0.3 is 4.98 Å². The second kappa shape index (κ2) is 7.84. The molecule has 0 spiro atoms. The summed E-state index contributed by atoms with van der Waals surface area (Å²) in [6, 6.07) is 37.9. The van der Waals surface area contributed by atoms with E-state index in [1.807, 2.05) is 12.1 Å². The Bertz CT molecular complexity index is 1270. The molecule has 144 valence electrons. The summed E-state index contributed by atoms with van der Waals surface area (Å²) in [5.74, 6) is 0.889. The Morgan fingerprint density at radius 2 is 1.10 bits per heavy atom. The highest BCUT2D eigenvalue weighted by molar-refractivity contribution is 5.82. The molecule has 0 unspecified atom stereocenters. The van der Waals surface area contributed by atoms with E-state index in [0.717, 1.165) is 33.9 Å². The summed E-state index contributed by atoms with van der Waals surface area (Å²) >= 11 is 0. The highest BCUT2D eigenvalue weighted by atomic mass is 14.9. The molecular weight excluding hydrogens is 364 g/mol. The molecule has 0 aliphatic heterocycles. The summed E-state index contributed by atoms with van der Waals surface area (Å²) in [6.07, 6.45) is 0. The fraction of sp³-hybridized carbons (Fsp3) is 0.0357. The van der Waals surface area contributed by atoms with Crippen LogP contribution >= 0.6 is 0 Å². The van der Waals surface area contributed by atoms with Crippen molar-refractivity contribution in [3.8, 4) is 45.0 Å². The first-order chi connectivity index (χ1) is 14.8. The number of imidazole rings is 1. The first-order valence-corrected chi connectivity index (χ1v) is 10.2. The summed E-state index contributed by atoms with van der Waals surface area (Å²) in [5.41, 5.74) is 8.99. The quantitative estimate of drug-likeness (QED) is 0.343. The van der Waals surface area contributed by atoms with Gasteiger partial charge in [0, 0.05) is 16.7 Å². The molecule has 0 bridgehead atoms. The van der Waals surface area contributed by atoms with Gasteiger partial charge in [0.2, 0.25) is 0 Å². The van der Waals surface area contributed by atoms with E-state index < -0.39 is 0 Å². The number of aromatic nitrogens is 2. The van der Waals surface area contributed by atoms with Gasteiger partial charge in [-0.25, -0.2) is 4.98 Å². The highest BCUT2D eigenvalue weighted by Crippen LogP contribution is 2.34. The predicted molar refractivity (Wildman–Crippen MR) is 125 cm³/mol. The molecule has 2 heteroatoms. The van der Waals surface area contributed by atoms with Crippen LogP contribution in [0.25, 0.3) is 45.0 Å². The maximum Gasteiger partial charge on any atom is 0.138 e. The number of H-pyrrole nitrogens is 1. The van der Waals surface area contributed by atoms with Crippen molar-refractivity contribution in [2.24, 2.45) is 0 Å². The molecule has 5 rings (SSSR count). The number of nitrogens with one attached hydrogen (secondary N) is 1. The zero-order valence-corrected chi connectivity index (χ0v) is 16.8. The molecule has 5 aromatic rings. The van der Waals surface area contributed by atoms with Crippen LogP contribution in [0.5, 0.6) is 0 Å². The van der Waals surface area contributed by atoms with Crippen LogP contribution in [-0.4, -0.2) is 9.97 Å². The van der Waals surface area contributed by atoms with E-state index in [-0.39, 0.29) is 0 Å². The second-order valence-corrected chi connectivity index (χ2v) is 7.49. The highest BCUT2D eigenvalue weighted by Gasteiger charge is 2.15. The average molecular weight is 386 g/mol. The first kappa shape index (κ1) is 18.1. The van der Waals surface area contributed by atoms with E-state index in [1.54, 1.807) is 0 Å². The monoisotopic (exact) mass is 386 g/mol. The lowest BCUT2D eigenvalue weighted by Crippen LogP contribution is -1.84. The smallest absolute Gasteiger partial charge is 0.138 e. The topological polar surface area (TPSA) is 28.7 Å². The van der Waals surface area contributed by atoms with Crippen LogP contribution in [-0.2, 0) is 0 Å². The van der Waals surface area contributed by atoms with Crippen molar-refractivity contribution >= 4 is 0 Å². The van der Waals surface area contributed by atoms with Crippen molar-refractivity contribution < 1.29 is 0 Å². The molecule has 1 N–H and O–H groups in total. The fourth-order valence-electron chi connectivity index (χ4n) is 3.78. The van der Waals surface area contributed by atoms with Gasteiger partial charge in [0.25, 0.3) is 0 Å². The molecule has 0 amide bonds. The Balaban J connectivity index is 1.61. The molecule has 30 heavy (non-hydrogen) atoms. The van der Waals surface area contributed by atoms with Crippen molar-refractivity contribution in [1.29, 1.82) is 0 Å². The predicted octanol–water partition coefficient (Wildman–Crippen LogP) is 7.39. The lowest BCUT2D eigenvalue weighted by molar-refractivity contribution is 1.30. The van der Waals surface area contributed by atoms with E-state index >= 15 is 0 Å². The third-order valence-corrected chi connectivity index (χ3v) is 5.32. The summed E-state index contributed by atoms with van der Waals surface area (Å²) in [5, 5.41) is 0. The Labute approximate surface area is 176 Å². The van der Waals surface area contributed by atoms with Crippen LogP contribution in [0.15, 0.2) is 109 Å². The maximum atomic E-state index is 4.99. The number of hydrogen-bond acceptors (Lipinski definition) is 1. The van der Waals surface area contributed by atoms with Crippen LogP contribution < -0.4 is 0 Å².